The van der Waals surface area contributed by atoms with E-state index in [0.717, 1.165) is 69.9 Å². The SMILES string of the molecule is CO.COC(=O)C[C@H](CCCCCCc1nc2c(cc1CN)CCCC2)c1cnc(C)nc1.O=S(Cl)Cl. The van der Waals surface area contributed by atoms with Gasteiger partial charge in [-0.1, -0.05) is 25.3 Å². The number of fused-ring (bicyclic) bond motifs is 1. The van der Waals surface area contributed by atoms with Crippen LogP contribution in [0.1, 0.15) is 91.2 Å². The predicted octanol–water partition coefficient (Wildman–Crippen LogP) is 5.01. The number of aryl methyl sites for hydroxylation is 4. The molecule has 0 radical (unpaired) electrons. The third-order valence-corrected chi connectivity index (χ3v) is 6.32. The van der Waals surface area contributed by atoms with E-state index in [4.69, 9.17) is 24.8 Å². The molecule has 1 aliphatic carbocycles. The van der Waals surface area contributed by atoms with Crippen LogP contribution in [0.4, 0.5) is 0 Å². The summed E-state index contributed by atoms with van der Waals surface area (Å²) in [4.78, 5) is 25.4. The first kappa shape index (κ1) is 33.4. The molecule has 2 aromatic rings. The number of pyridine rings is 1. The fourth-order valence-electron chi connectivity index (χ4n) is 4.44. The molecule has 0 aromatic carbocycles. The number of nitrogens with zero attached hydrogens (tertiary/aromatic N) is 3. The lowest BCUT2D eigenvalue weighted by atomic mass is 9.91. The number of aliphatic hydroxyl groups excluding tert-OH is 1. The van der Waals surface area contributed by atoms with Crippen molar-refractivity contribution in [2.75, 3.05) is 14.2 Å². The van der Waals surface area contributed by atoms with Gasteiger partial charge in [-0.3, -0.25) is 9.78 Å². The molecule has 8 nitrogen and oxygen atoms in total. The zero-order chi connectivity index (χ0) is 27.6. The number of nitrogens with two attached hydrogens (primary N) is 1. The van der Waals surface area contributed by atoms with Crippen molar-refractivity contribution in [1.29, 1.82) is 0 Å². The van der Waals surface area contributed by atoms with Crippen LogP contribution in [0.5, 0.6) is 0 Å². The number of hydrogen-bond donors (Lipinski definition) is 2. The van der Waals surface area contributed by atoms with Gasteiger partial charge in [0.15, 0.2) is 0 Å². The largest absolute Gasteiger partial charge is 0.469 e. The first-order valence-electron chi connectivity index (χ1n) is 12.6. The highest BCUT2D eigenvalue weighted by molar-refractivity contribution is 8.26. The van der Waals surface area contributed by atoms with Crippen molar-refractivity contribution in [3.8, 4) is 0 Å². The summed E-state index contributed by atoms with van der Waals surface area (Å²) in [6, 6.07) is 2.30. The van der Waals surface area contributed by atoms with Crippen LogP contribution in [0.15, 0.2) is 18.5 Å². The molecule has 37 heavy (non-hydrogen) atoms. The van der Waals surface area contributed by atoms with Crippen molar-refractivity contribution in [1.82, 2.24) is 15.0 Å². The maximum absolute atomic E-state index is 11.8. The summed E-state index contributed by atoms with van der Waals surface area (Å²) in [5.41, 5.74) is 12.1. The normalized spacial score (nSPS) is 13.0. The summed E-state index contributed by atoms with van der Waals surface area (Å²) in [6.07, 6.45) is 15.2. The topological polar surface area (TPSA) is 128 Å². The number of carbonyl (C=O) groups is 1. The molecule has 0 spiro atoms. The van der Waals surface area contributed by atoms with Gasteiger partial charge < -0.3 is 15.6 Å². The Bertz CT molecular complexity index is 960. The Morgan fingerprint density at radius 3 is 2.38 bits per heavy atom. The summed E-state index contributed by atoms with van der Waals surface area (Å²) in [6.45, 7) is 2.44. The van der Waals surface area contributed by atoms with Gasteiger partial charge in [-0.2, -0.15) is 0 Å². The fraction of sp³-hybridized carbons (Fsp3) is 0.615. The van der Waals surface area contributed by atoms with Gasteiger partial charge in [-0.15, -0.1) is 0 Å². The molecule has 0 saturated carbocycles. The lowest BCUT2D eigenvalue weighted by Crippen LogP contribution is -2.12. The van der Waals surface area contributed by atoms with Crippen molar-refractivity contribution >= 4 is 36.6 Å². The first-order valence-corrected chi connectivity index (χ1v) is 15.4. The summed E-state index contributed by atoms with van der Waals surface area (Å²) in [5.74, 6) is 0.672. The number of methoxy groups -OCH3 is 1. The lowest BCUT2D eigenvalue weighted by molar-refractivity contribution is -0.141. The van der Waals surface area contributed by atoms with Crippen LogP contribution in [0.2, 0.25) is 0 Å². The molecule has 0 aliphatic heterocycles. The Hall–Kier alpha value is -1.65. The summed E-state index contributed by atoms with van der Waals surface area (Å²) in [5, 5.41) is 7.00. The van der Waals surface area contributed by atoms with Crippen molar-refractivity contribution in [3.63, 3.8) is 0 Å². The van der Waals surface area contributed by atoms with Crippen molar-refractivity contribution < 1.29 is 18.8 Å². The average molecular weight is 576 g/mol. The first-order chi connectivity index (χ1) is 17.8. The number of hydrogen-bond acceptors (Lipinski definition) is 8. The molecule has 2 aromatic heterocycles. The Labute approximate surface area is 232 Å². The number of ether oxygens (including phenoxy) is 1. The number of aliphatic hydroxyl groups is 1. The average Bonchev–Trinajstić information content (AvgIpc) is 2.90. The Morgan fingerprint density at radius 1 is 1.14 bits per heavy atom. The fourth-order valence-corrected chi connectivity index (χ4v) is 4.44. The molecule has 0 amide bonds. The van der Waals surface area contributed by atoms with Gasteiger partial charge in [0.1, 0.15) is 5.82 Å². The molecule has 1 aliphatic rings. The second kappa shape index (κ2) is 19.4. The minimum atomic E-state index is -1.67. The van der Waals surface area contributed by atoms with E-state index in [-0.39, 0.29) is 11.9 Å². The zero-order valence-electron chi connectivity index (χ0n) is 22.0. The number of halogens is 2. The van der Waals surface area contributed by atoms with Gasteiger partial charge in [-0.25, -0.2) is 14.2 Å². The van der Waals surface area contributed by atoms with Gasteiger partial charge >= 0.3 is 5.97 Å². The van der Waals surface area contributed by atoms with Gasteiger partial charge in [0.2, 0.25) is 9.23 Å². The molecule has 0 saturated heterocycles. The molecule has 3 N–H and O–H groups in total. The van der Waals surface area contributed by atoms with E-state index in [1.165, 1.54) is 42.5 Å². The monoisotopic (exact) mass is 574 g/mol. The number of aromatic nitrogens is 3. The van der Waals surface area contributed by atoms with E-state index < -0.39 is 9.23 Å². The summed E-state index contributed by atoms with van der Waals surface area (Å²) >= 11 is 0. The van der Waals surface area contributed by atoms with Crippen LogP contribution in [-0.2, 0) is 44.6 Å². The minimum Gasteiger partial charge on any atom is -0.469 e. The van der Waals surface area contributed by atoms with Crippen LogP contribution >= 0.6 is 21.4 Å². The number of esters is 1. The molecule has 0 bridgehead atoms. The third kappa shape index (κ3) is 13.1. The smallest absolute Gasteiger partial charge is 0.306 e. The van der Waals surface area contributed by atoms with Gasteiger partial charge in [0, 0.05) is 58.8 Å². The van der Waals surface area contributed by atoms with Crippen LogP contribution in [-0.4, -0.2) is 44.5 Å². The molecular formula is C26H40Cl2N4O4S. The molecule has 1 atom stereocenters. The highest BCUT2D eigenvalue weighted by Gasteiger charge is 2.18. The molecule has 2 heterocycles. The standard InChI is InChI=1S/C25H36N4O2.CH4O.Cl2OS/c1-18-27-16-22(17-28-18)19(14-25(30)31-2)9-5-3-4-6-11-24-21(15-26)13-20-10-7-8-12-23(20)29-24;1-2;1-4(2)3/h13,16-17,19H,3-12,14-15,26H2,1-2H3;2H,1H3;/t19-;;/m0../s1. The van der Waals surface area contributed by atoms with E-state index in [0.29, 0.717) is 13.0 Å². The van der Waals surface area contributed by atoms with Crippen LogP contribution in [0.25, 0.3) is 0 Å². The van der Waals surface area contributed by atoms with E-state index in [1.807, 2.05) is 19.3 Å². The van der Waals surface area contributed by atoms with Crippen molar-refractivity contribution in [2.45, 2.75) is 90.0 Å². The van der Waals surface area contributed by atoms with Crippen molar-refractivity contribution in [3.05, 3.63) is 52.4 Å². The van der Waals surface area contributed by atoms with E-state index in [9.17, 15) is 4.79 Å². The second-order valence-corrected chi connectivity index (χ2v) is 11.3. The highest BCUT2D eigenvalue weighted by Crippen LogP contribution is 2.27. The highest BCUT2D eigenvalue weighted by atomic mass is 36.0. The Morgan fingerprint density at radius 2 is 1.76 bits per heavy atom. The molecule has 208 valence electrons. The predicted molar refractivity (Wildman–Crippen MR) is 150 cm³/mol. The van der Waals surface area contributed by atoms with Gasteiger partial charge in [-0.05, 0) is 74.5 Å². The van der Waals surface area contributed by atoms with E-state index >= 15 is 0 Å². The molecule has 11 heteroatoms. The number of unbranched alkanes of at least 4 members (excludes halogenated alkanes) is 3. The minimum absolute atomic E-state index is 0.110. The summed E-state index contributed by atoms with van der Waals surface area (Å²) < 4.78 is 14.0. The van der Waals surface area contributed by atoms with Gasteiger partial charge in [0.25, 0.3) is 0 Å². The lowest BCUT2D eigenvalue weighted by Gasteiger charge is -2.18. The zero-order valence-corrected chi connectivity index (χ0v) is 24.4. The molecule has 0 unspecified atom stereocenters. The van der Waals surface area contributed by atoms with Crippen LogP contribution in [0.3, 0.4) is 0 Å². The second-order valence-electron chi connectivity index (χ2n) is 8.79. The third-order valence-electron chi connectivity index (χ3n) is 6.32. The van der Waals surface area contributed by atoms with E-state index in [2.05, 4.69) is 37.4 Å². The van der Waals surface area contributed by atoms with Gasteiger partial charge in [0.05, 0.1) is 13.5 Å². The van der Waals surface area contributed by atoms with Crippen molar-refractivity contribution in [2.24, 2.45) is 5.73 Å². The quantitative estimate of drug-likeness (QED) is 0.218. The molecule has 0 fully saturated rings. The number of carbonyl (C=O) groups excluding carboxylic acids is 1. The van der Waals surface area contributed by atoms with E-state index in [1.54, 1.807) is 0 Å². The van der Waals surface area contributed by atoms with Crippen LogP contribution in [0, 0.1) is 6.92 Å². The molecular weight excluding hydrogens is 535 g/mol. The summed E-state index contributed by atoms with van der Waals surface area (Å²) in [7, 11) is 9.80. The number of rotatable bonds is 11. The molecule has 3 rings (SSSR count). The Balaban J connectivity index is 0.00000104. The van der Waals surface area contributed by atoms with Crippen LogP contribution < -0.4 is 5.73 Å². The maximum atomic E-state index is 11.8. The Kier molecular flexibility index (Phi) is 17.5. The maximum Gasteiger partial charge on any atom is 0.306 e.